The lowest BCUT2D eigenvalue weighted by Gasteiger charge is -2.03. The predicted molar refractivity (Wildman–Crippen MR) is 62.5 cm³/mol. The summed E-state index contributed by atoms with van der Waals surface area (Å²) < 4.78 is 5.60. The Balaban J connectivity index is 2.18. The highest BCUT2D eigenvalue weighted by Gasteiger charge is 2.04. The minimum atomic E-state index is 0.0321. The van der Waals surface area contributed by atoms with Crippen LogP contribution in [0.3, 0.4) is 0 Å². The lowest BCUT2D eigenvalue weighted by Crippen LogP contribution is -2.26. The largest absolute Gasteiger partial charge is 0.385 e. The molecule has 0 aliphatic rings. The van der Waals surface area contributed by atoms with E-state index in [9.17, 15) is 4.79 Å². The molecule has 0 spiro atoms. The molecule has 0 aliphatic carbocycles. The number of amides is 1. The standard InChI is InChI=1S/C10H14ClNO2S/c1-14-6-2-5-12-10(13)7-8-3-4-9(11)15-8/h3-4H,2,5-7H2,1H3,(H,12,13). The normalized spacial score (nSPS) is 10.3. The van der Waals surface area contributed by atoms with Crippen LogP contribution in [0.4, 0.5) is 0 Å². The van der Waals surface area contributed by atoms with Crippen molar-refractivity contribution >= 4 is 28.8 Å². The fourth-order valence-corrected chi connectivity index (χ4v) is 2.20. The van der Waals surface area contributed by atoms with Crippen LogP contribution in [0, 0.1) is 0 Å². The zero-order valence-corrected chi connectivity index (χ0v) is 10.2. The van der Waals surface area contributed by atoms with Gasteiger partial charge >= 0.3 is 0 Å². The van der Waals surface area contributed by atoms with Crippen molar-refractivity contribution < 1.29 is 9.53 Å². The Morgan fingerprint density at radius 3 is 3.00 bits per heavy atom. The monoisotopic (exact) mass is 247 g/mol. The van der Waals surface area contributed by atoms with Crippen molar-refractivity contribution in [2.75, 3.05) is 20.3 Å². The van der Waals surface area contributed by atoms with E-state index in [1.807, 2.05) is 6.07 Å². The van der Waals surface area contributed by atoms with Gasteiger partial charge in [-0.05, 0) is 18.6 Å². The van der Waals surface area contributed by atoms with E-state index in [4.69, 9.17) is 16.3 Å². The van der Waals surface area contributed by atoms with Crippen LogP contribution in [0.5, 0.6) is 0 Å². The first-order chi connectivity index (χ1) is 7.22. The smallest absolute Gasteiger partial charge is 0.225 e. The topological polar surface area (TPSA) is 38.3 Å². The number of nitrogens with one attached hydrogen (secondary N) is 1. The first kappa shape index (κ1) is 12.5. The van der Waals surface area contributed by atoms with Gasteiger partial charge < -0.3 is 10.1 Å². The highest BCUT2D eigenvalue weighted by Crippen LogP contribution is 2.21. The summed E-state index contributed by atoms with van der Waals surface area (Å²) in [5, 5.41) is 2.82. The van der Waals surface area contributed by atoms with E-state index in [0.717, 1.165) is 15.6 Å². The van der Waals surface area contributed by atoms with E-state index in [1.165, 1.54) is 11.3 Å². The SMILES string of the molecule is COCCCNC(=O)Cc1ccc(Cl)s1. The van der Waals surface area contributed by atoms with Crippen molar-refractivity contribution in [3.05, 3.63) is 21.3 Å². The summed E-state index contributed by atoms with van der Waals surface area (Å²) in [5.74, 6) is 0.0321. The number of methoxy groups -OCH3 is 1. The van der Waals surface area contributed by atoms with Crippen LogP contribution in [0.2, 0.25) is 4.34 Å². The summed E-state index contributed by atoms with van der Waals surface area (Å²) in [4.78, 5) is 12.4. The van der Waals surface area contributed by atoms with Crippen molar-refractivity contribution in [3.63, 3.8) is 0 Å². The summed E-state index contributed by atoms with van der Waals surface area (Å²) >= 11 is 7.20. The zero-order valence-electron chi connectivity index (χ0n) is 8.59. The van der Waals surface area contributed by atoms with E-state index in [-0.39, 0.29) is 5.91 Å². The van der Waals surface area contributed by atoms with Crippen molar-refractivity contribution in [3.8, 4) is 0 Å². The second kappa shape index (κ2) is 6.82. The Morgan fingerprint density at radius 1 is 1.60 bits per heavy atom. The fraction of sp³-hybridized carbons (Fsp3) is 0.500. The molecule has 0 bridgehead atoms. The molecule has 0 saturated heterocycles. The third-order valence-corrected chi connectivity index (χ3v) is 3.04. The molecule has 0 saturated carbocycles. The van der Waals surface area contributed by atoms with Crippen LogP contribution in [0.15, 0.2) is 12.1 Å². The molecule has 0 fully saturated rings. The Morgan fingerprint density at radius 2 is 2.40 bits per heavy atom. The first-order valence-corrected chi connectivity index (χ1v) is 5.91. The van der Waals surface area contributed by atoms with Crippen LogP contribution >= 0.6 is 22.9 Å². The van der Waals surface area contributed by atoms with Gasteiger partial charge in [0.25, 0.3) is 0 Å². The quantitative estimate of drug-likeness (QED) is 0.782. The van der Waals surface area contributed by atoms with E-state index in [0.29, 0.717) is 19.6 Å². The molecule has 15 heavy (non-hydrogen) atoms. The molecule has 1 rings (SSSR count). The van der Waals surface area contributed by atoms with Crippen molar-refractivity contribution in [2.24, 2.45) is 0 Å². The number of carbonyl (C=O) groups is 1. The Kier molecular flexibility index (Phi) is 5.68. The van der Waals surface area contributed by atoms with Crippen molar-refractivity contribution in [1.29, 1.82) is 0 Å². The summed E-state index contributed by atoms with van der Waals surface area (Å²) in [6.07, 6.45) is 1.25. The number of halogens is 1. The Hall–Kier alpha value is -0.580. The maximum absolute atomic E-state index is 11.4. The summed E-state index contributed by atoms with van der Waals surface area (Å²) in [7, 11) is 1.65. The average molecular weight is 248 g/mol. The molecule has 0 aliphatic heterocycles. The number of ether oxygens (including phenoxy) is 1. The Labute approximate surface area is 98.4 Å². The second-order valence-corrected chi connectivity index (χ2v) is 4.88. The van der Waals surface area contributed by atoms with E-state index in [2.05, 4.69) is 5.32 Å². The van der Waals surface area contributed by atoms with E-state index in [1.54, 1.807) is 13.2 Å². The van der Waals surface area contributed by atoms with Crippen LogP contribution in [-0.4, -0.2) is 26.2 Å². The van der Waals surface area contributed by atoms with Crippen LogP contribution < -0.4 is 5.32 Å². The van der Waals surface area contributed by atoms with Gasteiger partial charge in [-0.2, -0.15) is 0 Å². The minimum absolute atomic E-state index is 0.0321. The highest BCUT2D eigenvalue weighted by molar-refractivity contribution is 7.16. The third-order valence-electron chi connectivity index (χ3n) is 1.81. The maximum Gasteiger partial charge on any atom is 0.225 e. The van der Waals surface area contributed by atoms with Gasteiger partial charge in [0, 0.05) is 25.1 Å². The molecule has 5 heteroatoms. The van der Waals surface area contributed by atoms with Gasteiger partial charge in [0.15, 0.2) is 0 Å². The third kappa shape index (κ3) is 5.16. The summed E-state index contributed by atoms with van der Waals surface area (Å²) in [6.45, 7) is 1.33. The van der Waals surface area contributed by atoms with Gasteiger partial charge in [-0.1, -0.05) is 11.6 Å². The predicted octanol–water partition coefficient (Wildman–Crippen LogP) is 2.10. The van der Waals surface area contributed by atoms with Crippen molar-refractivity contribution in [2.45, 2.75) is 12.8 Å². The van der Waals surface area contributed by atoms with Crippen LogP contribution in [0.1, 0.15) is 11.3 Å². The zero-order chi connectivity index (χ0) is 11.1. The molecule has 0 atom stereocenters. The first-order valence-electron chi connectivity index (χ1n) is 4.72. The lowest BCUT2D eigenvalue weighted by atomic mass is 10.3. The van der Waals surface area contributed by atoms with Gasteiger partial charge in [0.2, 0.25) is 5.91 Å². The highest BCUT2D eigenvalue weighted by atomic mass is 35.5. The fourth-order valence-electron chi connectivity index (χ4n) is 1.11. The molecule has 1 N–H and O–H groups in total. The average Bonchev–Trinajstić information content (AvgIpc) is 2.59. The van der Waals surface area contributed by atoms with Crippen LogP contribution in [0.25, 0.3) is 0 Å². The maximum atomic E-state index is 11.4. The van der Waals surface area contributed by atoms with Gasteiger partial charge in [-0.25, -0.2) is 0 Å². The van der Waals surface area contributed by atoms with E-state index < -0.39 is 0 Å². The summed E-state index contributed by atoms with van der Waals surface area (Å²) in [6, 6.07) is 3.68. The molecule has 1 aromatic rings. The summed E-state index contributed by atoms with van der Waals surface area (Å²) in [5.41, 5.74) is 0. The number of thiophene rings is 1. The molecular weight excluding hydrogens is 234 g/mol. The van der Waals surface area contributed by atoms with Crippen LogP contribution in [-0.2, 0) is 16.0 Å². The number of carbonyl (C=O) groups excluding carboxylic acids is 1. The molecule has 84 valence electrons. The van der Waals surface area contributed by atoms with Gasteiger partial charge in [-0.15, -0.1) is 11.3 Å². The van der Waals surface area contributed by atoms with Gasteiger partial charge in [0.05, 0.1) is 10.8 Å². The van der Waals surface area contributed by atoms with Gasteiger partial charge in [0.1, 0.15) is 0 Å². The molecular formula is C10H14ClNO2S. The number of hydrogen-bond donors (Lipinski definition) is 1. The molecule has 0 unspecified atom stereocenters. The van der Waals surface area contributed by atoms with E-state index >= 15 is 0 Å². The second-order valence-electron chi connectivity index (χ2n) is 3.08. The Bertz CT molecular complexity index is 314. The molecule has 1 heterocycles. The molecule has 1 amide bonds. The molecule has 3 nitrogen and oxygen atoms in total. The molecule has 0 radical (unpaired) electrons. The van der Waals surface area contributed by atoms with Gasteiger partial charge in [-0.3, -0.25) is 4.79 Å². The molecule has 1 aromatic heterocycles. The molecule has 0 aromatic carbocycles. The number of hydrogen-bond acceptors (Lipinski definition) is 3. The minimum Gasteiger partial charge on any atom is -0.385 e. The lowest BCUT2D eigenvalue weighted by molar-refractivity contribution is -0.120. The van der Waals surface area contributed by atoms with Crippen molar-refractivity contribution in [1.82, 2.24) is 5.32 Å². The number of rotatable bonds is 6.